The molecule has 88 valence electrons. The van der Waals surface area contributed by atoms with E-state index in [1.165, 1.54) is 6.07 Å². The van der Waals surface area contributed by atoms with E-state index < -0.39 is 0 Å². The number of non-ortho nitro benzene ring substituents is 1. The summed E-state index contributed by atoms with van der Waals surface area (Å²) in [5.41, 5.74) is 0.0796. The van der Waals surface area contributed by atoms with E-state index in [1.54, 1.807) is 12.3 Å². The van der Waals surface area contributed by atoms with E-state index in [0.717, 1.165) is 5.39 Å². The average molecular weight is 296 g/mol. The number of hydrogen-bond donors (Lipinski definition) is 1. The molecule has 0 radical (unpaired) electrons. The number of rotatable bonds is 3. The average Bonchev–Trinajstić information content (AvgIpc) is 2.32. The fraction of sp³-hybridized carbons (Fsp3) is 0.182. The van der Waals surface area contributed by atoms with Gasteiger partial charge in [-0.2, -0.15) is 0 Å². The van der Waals surface area contributed by atoms with Crippen molar-refractivity contribution < 1.29 is 4.92 Å². The molecule has 0 unspecified atom stereocenters. The number of aromatic nitrogens is 1. The molecule has 0 aliphatic heterocycles. The van der Waals surface area contributed by atoms with Gasteiger partial charge in [0.25, 0.3) is 5.69 Å². The summed E-state index contributed by atoms with van der Waals surface area (Å²) in [6.07, 6.45) is 1.58. The number of hydrogen-bond acceptors (Lipinski definition) is 4. The van der Waals surface area contributed by atoms with Crippen molar-refractivity contribution in [3.8, 4) is 0 Å². The first-order valence-corrected chi connectivity index (χ1v) is 5.90. The van der Waals surface area contributed by atoms with Gasteiger partial charge >= 0.3 is 0 Å². The molecular formula is C11H10BrN3O2. The van der Waals surface area contributed by atoms with Crippen LogP contribution in [-0.2, 0) is 0 Å². The van der Waals surface area contributed by atoms with Crippen LogP contribution in [0.3, 0.4) is 0 Å². The minimum absolute atomic E-state index is 0.0796. The Bertz CT molecular complexity index is 586. The quantitative estimate of drug-likeness (QED) is 0.696. The SMILES string of the molecule is CCNc1ncc(Br)c2c([N+](=O)[O-])cccc12. The molecule has 0 aliphatic carbocycles. The highest BCUT2D eigenvalue weighted by Crippen LogP contribution is 2.34. The monoisotopic (exact) mass is 295 g/mol. The maximum absolute atomic E-state index is 11.0. The number of nitrogens with one attached hydrogen (secondary N) is 1. The van der Waals surface area contributed by atoms with Gasteiger partial charge < -0.3 is 5.32 Å². The van der Waals surface area contributed by atoms with E-state index in [0.29, 0.717) is 22.2 Å². The molecule has 2 aromatic rings. The van der Waals surface area contributed by atoms with Gasteiger partial charge in [-0.05, 0) is 22.9 Å². The molecule has 0 saturated heterocycles. The highest BCUT2D eigenvalue weighted by Gasteiger charge is 2.16. The zero-order chi connectivity index (χ0) is 12.4. The van der Waals surface area contributed by atoms with Crippen molar-refractivity contribution in [3.05, 3.63) is 39.0 Å². The summed E-state index contributed by atoms with van der Waals surface area (Å²) in [4.78, 5) is 14.8. The maximum atomic E-state index is 11.0. The van der Waals surface area contributed by atoms with Crippen molar-refractivity contribution in [2.45, 2.75) is 6.92 Å². The molecular weight excluding hydrogens is 286 g/mol. The molecule has 2 rings (SSSR count). The second-order valence-corrected chi connectivity index (χ2v) is 4.30. The van der Waals surface area contributed by atoms with E-state index in [-0.39, 0.29) is 10.6 Å². The Balaban J connectivity index is 2.80. The molecule has 0 amide bonds. The van der Waals surface area contributed by atoms with E-state index >= 15 is 0 Å². The Kier molecular flexibility index (Phi) is 3.23. The Morgan fingerprint density at radius 3 is 2.94 bits per heavy atom. The normalized spacial score (nSPS) is 10.5. The first kappa shape index (κ1) is 11.8. The molecule has 1 N–H and O–H groups in total. The molecule has 0 saturated carbocycles. The highest BCUT2D eigenvalue weighted by molar-refractivity contribution is 9.10. The van der Waals surface area contributed by atoms with E-state index in [1.807, 2.05) is 13.0 Å². The second kappa shape index (κ2) is 4.67. The van der Waals surface area contributed by atoms with Gasteiger partial charge in [0.1, 0.15) is 5.82 Å². The summed E-state index contributed by atoms with van der Waals surface area (Å²) >= 11 is 3.31. The summed E-state index contributed by atoms with van der Waals surface area (Å²) < 4.78 is 0.626. The highest BCUT2D eigenvalue weighted by atomic mass is 79.9. The van der Waals surface area contributed by atoms with Gasteiger partial charge in [-0.1, -0.05) is 12.1 Å². The Morgan fingerprint density at radius 1 is 1.53 bits per heavy atom. The van der Waals surface area contributed by atoms with Crippen LogP contribution < -0.4 is 5.32 Å². The predicted molar refractivity (Wildman–Crippen MR) is 70.3 cm³/mol. The minimum Gasteiger partial charge on any atom is -0.370 e. The summed E-state index contributed by atoms with van der Waals surface area (Å²) in [5, 5.41) is 15.4. The number of anilines is 1. The van der Waals surface area contributed by atoms with Crippen LogP contribution in [0.1, 0.15) is 6.92 Å². The lowest BCUT2D eigenvalue weighted by Crippen LogP contribution is -2.01. The molecule has 0 spiro atoms. The van der Waals surface area contributed by atoms with Crippen LogP contribution in [-0.4, -0.2) is 16.5 Å². The van der Waals surface area contributed by atoms with Crippen LogP contribution >= 0.6 is 15.9 Å². The zero-order valence-electron chi connectivity index (χ0n) is 9.11. The lowest BCUT2D eigenvalue weighted by Gasteiger charge is -2.08. The van der Waals surface area contributed by atoms with Crippen molar-refractivity contribution in [2.24, 2.45) is 0 Å². The lowest BCUT2D eigenvalue weighted by molar-refractivity contribution is -0.383. The molecule has 5 nitrogen and oxygen atoms in total. The number of benzene rings is 1. The summed E-state index contributed by atoms with van der Waals surface area (Å²) in [6, 6.07) is 4.97. The number of nitro groups is 1. The summed E-state index contributed by atoms with van der Waals surface area (Å²) in [6.45, 7) is 2.67. The Hall–Kier alpha value is -1.69. The van der Waals surface area contributed by atoms with Gasteiger partial charge in [-0.25, -0.2) is 4.98 Å². The van der Waals surface area contributed by atoms with Gasteiger partial charge in [-0.15, -0.1) is 0 Å². The standard InChI is InChI=1S/C11H10BrN3O2/c1-2-13-11-7-4-3-5-9(15(16)17)10(7)8(12)6-14-11/h3-6H,2H2,1H3,(H,13,14). The molecule has 1 aromatic heterocycles. The first-order valence-electron chi connectivity index (χ1n) is 5.10. The van der Waals surface area contributed by atoms with Crippen molar-refractivity contribution in [1.82, 2.24) is 4.98 Å². The smallest absolute Gasteiger partial charge is 0.278 e. The Morgan fingerprint density at radius 2 is 2.29 bits per heavy atom. The van der Waals surface area contributed by atoms with Gasteiger partial charge in [0.05, 0.1) is 14.8 Å². The molecule has 6 heteroatoms. The van der Waals surface area contributed by atoms with Gasteiger partial charge in [-0.3, -0.25) is 10.1 Å². The largest absolute Gasteiger partial charge is 0.370 e. The summed E-state index contributed by atoms with van der Waals surface area (Å²) in [5.74, 6) is 0.661. The number of nitrogens with zero attached hydrogens (tertiary/aromatic N) is 2. The molecule has 0 atom stereocenters. The minimum atomic E-state index is -0.386. The number of halogens is 1. The van der Waals surface area contributed by atoms with Crippen molar-refractivity contribution >= 4 is 38.2 Å². The molecule has 0 bridgehead atoms. The van der Waals surface area contributed by atoms with Gasteiger partial charge in [0.2, 0.25) is 0 Å². The van der Waals surface area contributed by atoms with Crippen molar-refractivity contribution in [3.63, 3.8) is 0 Å². The van der Waals surface area contributed by atoms with Crippen molar-refractivity contribution in [2.75, 3.05) is 11.9 Å². The van der Waals surface area contributed by atoms with Crippen LogP contribution in [0.5, 0.6) is 0 Å². The van der Waals surface area contributed by atoms with E-state index in [2.05, 4.69) is 26.2 Å². The molecule has 17 heavy (non-hydrogen) atoms. The molecule has 0 fully saturated rings. The fourth-order valence-corrected chi connectivity index (χ4v) is 2.22. The summed E-state index contributed by atoms with van der Waals surface area (Å²) in [7, 11) is 0. The van der Waals surface area contributed by atoms with Crippen LogP contribution in [0.2, 0.25) is 0 Å². The second-order valence-electron chi connectivity index (χ2n) is 3.44. The molecule has 1 aromatic carbocycles. The number of nitro benzene ring substituents is 1. The van der Waals surface area contributed by atoms with Gasteiger partial charge in [0.15, 0.2) is 0 Å². The van der Waals surface area contributed by atoms with Crippen LogP contribution in [0, 0.1) is 10.1 Å². The molecule has 1 heterocycles. The molecule has 0 aliphatic rings. The van der Waals surface area contributed by atoms with Crippen molar-refractivity contribution in [1.29, 1.82) is 0 Å². The topological polar surface area (TPSA) is 68.1 Å². The Labute approximate surface area is 106 Å². The number of pyridine rings is 1. The zero-order valence-corrected chi connectivity index (χ0v) is 10.7. The number of fused-ring (bicyclic) bond motifs is 1. The van der Waals surface area contributed by atoms with E-state index in [4.69, 9.17) is 0 Å². The first-order chi connectivity index (χ1) is 8.15. The van der Waals surface area contributed by atoms with Crippen LogP contribution in [0.25, 0.3) is 10.8 Å². The predicted octanol–water partition coefficient (Wildman–Crippen LogP) is 3.34. The third-order valence-corrected chi connectivity index (χ3v) is 2.99. The third-order valence-electron chi connectivity index (χ3n) is 2.38. The lowest BCUT2D eigenvalue weighted by atomic mass is 10.1. The fourth-order valence-electron chi connectivity index (χ4n) is 1.70. The van der Waals surface area contributed by atoms with E-state index in [9.17, 15) is 10.1 Å². The maximum Gasteiger partial charge on any atom is 0.278 e. The van der Waals surface area contributed by atoms with Gasteiger partial charge in [0, 0.05) is 24.2 Å². The van der Waals surface area contributed by atoms with Crippen LogP contribution in [0.15, 0.2) is 28.9 Å². The third kappa shape index (κ3) is 2.08. The van der Waals surface area contributed by atoms with Crippen LogP contribution in [0.4, 0.5) is 11.5 Å².